The van der Waals surface area contributed by atoms with Gasteiger partial charge in [0.1, 0.15) is 0 Å². The van der Waals surface area contributed by atoms with E-state index in [9.17, 15) is 0 Å². The SMILES string of the molecule is CCCC(CBr)(CBr)Cc1sccc1Br. The molecule has 1 rings (SSSR count). The molecule has 0 aliphatic rings. The molecule has 0 aliphatic carbocycles. The van der Waals surface area contributed by atoms with Crippen LogP contribution in [0.5, 0.6) is 0 Å². The molecule has 0 fully saturated rings. The second kappa shape index (κ2) is 6.77. The number of alkyl halides is 2. The van der Waals surface area contributed by atoms with Crippen molar-refractivity contribution < 1.29 is 0 Å². The van der Waals surface area contributed by atoms with Gasteiger partial charge in [-0.1, -0.05) is 45.2 Å². The zero-order valence-corrected chi connectivity index (χ0v) is 14.3. The highest BCUT2D eigenvalue weighted by molar-refractivity contribution is 9.10. The number of hydrogen-bond acceptors (Lipinski definition) is 1. The second-order valence-electron chi connectivity index (χ2n) is 3.89. The Morgan fingerprint density at radius 3 is 2.40 bits per heavy atom. The van der Waals surface area contributed by atoms with Crippen LogP contribution in [0.15, 0.2) is 15.9 Å². The molecule has 1 aromatic heterocycles. The largest absolute Gasteiger partial charge is 0.148 e. The minimum absolute atomic E-state index is 0.363. The number of halogens is 3. The number of rotatable bonds is 6. The molecular weight excluding hydrogens is 404 g/mol. The lowest BCUT2D eigenvalue weighted by molar-refractivity contribution is 0.354. The summed E-state index contributed by atoms with van der Waals surface area (Å²) in [4.78, 5) is 1.46. The molecule has 0 nitrogen and oxygen atoms in total. The van der Waals surface area contributed by atoms with Gasteiger partial charge in [0.25, 0.3) is 0 Å². The summed E-state index contributed by atoms with van der Waals surface area (Å²) < 4.78 is 1.26. The van der Waals surface area contributed by atoms with E-state index in [0.717, 1.165) is 17.1 Å². The van der Waals surface area contributed by atoms with E-state index in [1.54, 1.807) is 0 Å². The van der Waals surface area contributed by atoms with Crippen LogP contribution in [-0.4, -0.2) is 10.7 Å². The molecule has 0 unspecified atom stereocenters. The summed E-state index contributed by atoms with van der Waals surface area (Å²) >= 11 is 12.8. The molecule has 0 spiro atoms. The quantitative estimate of drug-likeness (QED) is 0.525. The van der Waals surface area contributed by atoms with E-state index in [2.05, 4.69) is 66.2 Å². The van der Waals surface area contributed by atoms with Crippen molar-refractivity contribution in [1.82, 2.24) is 0 Å². The lowest BCUT2D eigenvalue weighted by atomic mass is 9.84. The van der Waals surface area contributed by atoms with E-state index in [-0.39, 0.29) is 0 Å². The van der Waals surface area contributed by atoms with Gasteiger partial charge < -0.3 is 0 Å². The molecule has 15 heavy (non-hydrogen) atoms. The van der Waals surface area contributed by atoms with Crippen molar-refractivity contribution in [2.75, 3.05) is 10.7 Å². The molecule has 0 atom stereocenters. The fourth-order valence-corrected chi connectivity index (χ4v) is 5.23. The zero-order valence-electron chi connectivity index (χ0n) is 8.73. The van der Waals surface area contributed by atoms with Gasteiger partial charge in [-0.05, 0) is 45.6 Å². The predicted octanol–water partition coefficient (Wildman–Crippen LogP) is 5.63. The molecule has 0 saturated carbocycles. The fourth-order valence-electron chi connectivity index (χ4n) is 1.67. The van der Waals surface area contributed by atoms with Gasteiger partial charge in [-0.15, -0.1) is 11.3 Å². The van der Waals surface area contributed by atoms with Gasteiger partial charge in [0.15, 0.2) is 0 Å². The molecule has 0 N–H and O–H groups in total. The Balaban J connectivity index is 2.78. The van der Waals surface area contributed by atoms with Crippen LogP contribution in [-0.2, 0) is 6.42 Å². The van der Waals surface area contributed by atoms with Crippen LogP contribution in [0.3, 0.4) is 0 Å². The molecule has 0 amide bonds. The summed E-state index contributed by atoms with van der Waals surface area (Å²) in [7, 11) is 0. The van der Waals surface area contributed by atoms with Gasteiger partial charge in [-0.2, -0.15) is 0 Å². The van der Waals surface area contributed by atoms with Gasteiger partial charge in [0.05, 0.1) is 0 Å². The maximum Gasteiger partial charge on any atom is 0.0314 e. The summed E-state index contributed by atoms with van der Waals surface area (Å²) in [6.45, 7) is 2.25. The first-order valence-electron chi connectivity index (χ1n) is 5.01. The molecule has 0 aliphatic heterocycles. The van der Waals surface area contributed by atoms with E-state index in [1.165, 1.54) is 22.2 Å². The van der Waals surface area contributed by atoms with E-state index in [1.807, 2.05) is 11.3 Å². The first-order valence-corrected chi connectivity index (χ1v) is 8.93. The van der Waals surface area contributed by atoms with Crippen LogP contribution in [0.2, 0.25) is 0 Å². The van der Waals surface area contributed by atoms with Crippen LogP contribution >= 0.6 is 59.1 Å². The Hall–Kier alpha value is 1.14. The van der Waals surface area contributed by atoms with Gasteiger partial charge in [-0.3, -0.25) is 0 Å². The van der Waals surface area contributed by atoms with E-state index in [4.69, 9.17) is 0 Å². The summed E-state index contributed by atoms with van der Waals surface area (Å²) in [5.41, 5.74) is 0.363. The minimum Gasteiger partial charge on any atom is -0.148 e. The highest BCUT2D eigenvalue weighted by Crippen LogP contribution is 2.37. The van der Waals surface area contributed by atoms with Gasteiger partial charge in [0, 0.05) is 20.0 Å². The monoisotopic (exact) mass is 416 g/mol. The summed E-state index contributed by atoms with van der Waals surface area (Å²) in [5, 5.41) is 4.27. The van der Waals surface area contributed by atoms with Crippen LogP contribution in [0.1, 0.15) is 24.6 Å². The molecule has 4 heteroatoms. The first kappa shape index (κ1) is 14.2. The average molecular weight is 419 g/mol. The summed E-state index contributed by atoms with van der Waals surface area (Å²) in [6.07, 6.45) is 3.64. The molecule has 1 heterocycles. The van der Waals surface area contributed by atoms with Crippen molar-refractivity contribution in [1.29, 1.82) is 0 Å². The molecule has 1 aromatic rings. The lowest BCUT2D eigenvalue weighted by Crippen LogP contribution is -2.27. The Morgan fingerprint density at radius 2 is 2.00 bits per heavy atom. The van der Waals surface area contributed by atoms with Crippen LogP contribution in [0.25, 0.3) is 0 Å². The highest BCUT2D eigenvalue weighted by Gasteiger charge is 2.28. The third kappa shape index (κ3) is 3.83. The molecule has 0 saturated heterocycles. The molecule has 0 bridgehead atoms. The lowest BCUT2D eigenvalue weighted by Gasteiger charge is -2.29. The van der Waals surface area contributed by atoms with Crippen molar-refractivity contribution in [2.45, 2.75) is 26.2 Å². The third-order valence-electron chi connectivity index (χ3n) is 2.57. The Labute approximate surface area is 121 Å². The van der Waals surface area contributed by atoms with Crippen LogP contribution in [0.4, 0.5) is 0 Å². The molecule has 0 aromatic carbocycles. The topological polar surface area (TPSA) is 0 Å². The number of thiophene rings is 1. The maximum absolute atomic E-state index is 3.66. The van der Waals surface area contributed by atoms with Crippen LogP contribution < -0.4 is 0 Å². The average Bonchev–Trinajstić information content (AvgIpc) is 2.63. The van der Waals surface area contributed by atoms with Gasteiger partial charge >= 0.3 is 0 Å². The Bertz CT molecular complexity index is 292. The van der Waals surface area contributed by atoms with Crippen molar-refractivity contribution in [3.63, 3.8) is 0 Å². The van der Waals surface area contributed by atoms with Gasteiger partial charge in [0.2, 0.25) is 0 Å². The fraction of sp³-hybridized carbons (Fsp3) is 0.636. The Morgan fingerprint density at radius 1 is 1.33 bits per heavy atom. The zero-order chi connectivity index (χ0) is 11.3. The standard InChI is InChI=1S/C11H15Br3S/c1-2-4-11(7-12,8-13)6-10-9(14)3-5-15-10/h3,5H,2,4,6-8H2,1H3. The first-order chi connectivity index (χ1) is 7.17. The van der Waals surface area contributed by atoms with Crippen LogP contribution in [0, 0.1) is 5.41 Å². The molecule has 86 valence electrons. The van der Waals surface area contributed by atoms with Crippen molar-refractivity contribution in [3.05, 3.63) is 20.8 Å². The molecular formula is C11H15Br3S. The van der Waals surface area contributed by atoms with Crippen molar-refractivity contribution >= 4 is 59.1 Å². The summed E-state index contributed by atoms with van der Waals surface area (Å²) in [6, 6.07) is 2.14. The normalized spacial score (nSPS) is 12.0. The second-order valence-corrected chi connectivity index (χ2v) is 6.86. The van der Waals surface area contributed by atoms with E-state index >= 15 is 0 Å². The third-order valence-corrected chi connectivity index (χ3v) is 6.88. The van der Waals surface area contributed by atoms with Crippen molar-refractivity contribution in [3.8, 4) is 0 Å². The molecule has 0 radical (unpaired) electrons. The minimum atomic E-state index is 0.363. The number of hydrogen-bond donors (Lipinski definition) is 0. The van der Waals surface area contributed by atoms with E-state index in [0.29, 0.717) is 5.41 Å². The summed E-state index contributed by atoms with van der Waals surface area (Å²) in [5.74, 6) is 0. The van der Waals surface area contributed by atoms with Gasteiger partial charge in [-0.25, -0.2) is 0 Å². The Kier molecular flexibility index (Phi) is 6.41. The predicted molar refractivity (Wildman–Crippen MR) is 80.7 cm³/mol. The van der Waals surface area contributed by atoms with E-state index < -0.39 is 0 Å². The highest BCUT2D eigenvalue weighted by atomic mass is 79.9. The maximum atomic E-state index is 3.66. The van der Waals surface area contributed by atoms with Crippen molar-refractivity contribution in [2.24, 2.45) is 5.41 Å². The smallest absolute Gasteiger partial charge is 0.0314 e.